The molecular weight excluding hydrogens is 426 g/mol. The molecule has 0 heterocycles. The van der Waals surface area contributed by atoms with E-state index in [2.05, 4.69) is 38.9 Å². The summed E-state index contributed by atoms with van der Waals surface area (Å²) in [6.07, 6.45) is 22.8. The molecule has 0 bridgehead atoms. The molecule has 1 atom stereocenters. The van der Waals surface area contributed by atoms with Crippen molar-refractivity contribution in [2.24, 2.45) is 0 Å². The fourth-order valence-corrected chi connectivity index (χ4v) is 3.68. The summed E-state index contributed by atoms with van der Waals surface area (Å²) < 4.78 is 17.0. The number of unbranched alkanes of at least 4 members (excludes halogenated alkanes) is 12. The number of hydrogen-bond acceptors (Lipinski definition) is 5. The van der Waals surface area contributed by atoms with Gasteiger partial charge < -0.3 is 19.1 Å². The highest BCUT2D eigenvalue weighted by Gasteiger charge is 2.11. The largest absolute Gasteiger partial charge is 0.461 e. The molecule has 1 unspecified atom stereocenters. The molecule has 0 aliphatic carbocycles. The molecule has 5 heteroatoms. The van der Waals surface area contributed by atoms with Crippen LogP contribution in [0.1, 0.15) is 117 Å². The zero-order chi connectivity index (χ0) is 25.1. The van der Waals surface area contributed by atoms with Gasteiger partial charge in [-0.3, -0.25) is 4.79 Å². The Bertz CT molecular complexity index is 453. The third kappa shape index (κ3) is 24.2. The van der Waals surface area contributed by atoms with Gasteiger partial charge in [-0.05, 0) is 46.2 Å². The average molecular weight is 484 g/mol. The molecule has 0 spiro atoms. The topological polar surface area (TPSA) is 48.0 Å². The molecule has 5 nitrogen and oxygen atoms in total. The fourth-order valence-electron chi connectivity index (χ4n) is 3.68. The number of esters is 1. The zero-order valence-electron chi connectivity index (χ0n) is 23.2. The molecule has 0 aromatic carbocycles. The van der Waals surface area contributed by atoms with Crippen molar-refractivity contribution in [3.05, 3.63) is 12.2 Å². The van der Waals surface area contributed by atoms with Crippen molar-refractivity contribution >= 4 is 5.97 Å². The van der Waals surface area contributed by atoms with Gasteiger partial charge >= 0.3 is 5.97 Å². The van der Waals surface area contributed by atoms with Crippen molar-refractivity contribution in [2.45, 2.75) is 123 Å². The molecule has 0 radical (unpaired) electrons. The van der Waals surface area contributed by atoms with E-state index in [1.54, 1.807) is 0 Å². The van der Waals surface area contributed by atoms with Crippen LogP contribution >= 0.6 is 0 Å². The zero-order valence-corrected chi connectivity index (χ0v) is 23.2. The maximum Gasteiger partial charge on any atom is 0.306 e. The molecule has 0 N–H and O–H groups in total. The van der Waals surface area contributed by atoms with Gasteiger partial charge in [0.05, 0.1) is 19.3 Å². The predicted octanol–water partition coefficient (Wildman–Crippen LogP) is 7.33. The molecule has 34 heavy (non-hydrogen) atoms. The van der Waals surface area contributed by atoms with E-state index in [9.17, 15) is 4.79 Å². The van der Waals surface area contributed by atoms with Crippen molar-refractivity contribution in [2.75, 3.05) is 47.1 Å². The summed E-state index contributed by atoms with van der Waals surface area (Å²) in [4.78, 5) is 14.0. The summed E-state index contributed by atoms with van der Waals surface area (Å²) in [5.74, 6) is -0.0929. The molecule has 0 amide bonds. The number of carbonyl (C=O) groups excluding carboxylic acids is 1. The van der Waals surface area contributed by atoms with Crippen LogP contribution in [0.15, 0.2) is 12.2 Å². The van der Waals surface area contributed by atoms with Crippen molar-refractivity contribution < 1.29 is 19.0 Å². The van der Waals surface area contributed by atoms with E-state index >= 15 is 0 Å². The molecule has 202 valence electrons. The second-order valence-electron chi connectivity index (χ2n) is 9.70. The Balaban J connectivity index is 3.54. The first-order valence-corrected chi connectivity index (χ1v) is 14.2. The van der Waals surface area contributed by atoms with Crippen LogP contribution < -0.4 is 0 Å². The van der Waals surface area contributed by atoms with Crippen LogP contribution in [0.3, 0.4) is 0 Å². The first-order valence-electron chi connectivity index (χ1n) is 14.2. The lowest BCUT2D eigenvalue weighted by atomic mass is 10.1. The van der Waals surface area contributed by atoms with Crippen LogP contribution in [0, 0.1) is 0 Å². The highest BCUT2D eigenvalue weighted by Crippen LogP contribution is 2.08. The van der Waals surface area contributed by atoms with E-state index in [1.807, 2.05) is 6.08 Å². The molecule has 0 rings (SSSR count). The van der Waals surface area contributed by atoms with Gasteiger partial charge in [-0.25, -0.2) is 0 Å². The maximum atomic E-state index is 11.8. The van der Waals surface area contributed by atoms with E-state index in [-0.39, 0.29) is 5.97 Å². The Morgan fingerprint density at radius 1 is 0.706 bits per heavy atom. The Hall–Kier alpha value is -0.910. The van der Waals surface area contributed by atoms with Gasteiger partial charge in [-0.1, -0.05) is 90.2 Å². The minimum absolute atomic E-state index is 0.0929. The summed E-state index contributed by atoms with van der Waals surface area (Å²) in [6.45, 7) is 7.88. The third-order valence-electron chi connectivity index (χ3n) is 6.14. The molecule has 0 saturated carbocycles. The van der Waals surface area contributed by atoms with Gasteiger partial charge in [0.25, 0.3) is 0 Å². The van der Waals surface area contributed by atoms with Crippen LogP contribution in [0.2, 0.25) is 0 Å². The Morgan fingerprint density at radius 3 is 1.82 bits per heavy atom. The lowest BCUT2D eigenvalue weighted by molar-refractivity contribution is -0.142. The quantitative estimate of drug-likeness (QED) is 0.0732. The number of carbonyl (C=O) groups is 1. The highest BCUT2D eigenvalue weighted by molar-refractivity contribution is 5.69. The summed E-state index contributed by atoms with van der Waals surface area (Å²) in [6, 6.07) is 0.291. The van der Waals surface area contributed by atoms with Crippen LogP contribution in [0.25, 0.3) is 0 Å². The van der Waals surface area contributed by atoms with E-state index in [0.29, 0.717) is 25.7 Å². The molecule has 0 saturated heterocycles. The molecule has 0 aliphatic heterocycles. The van der Waals surface area contributed by atoms with Crippen LogP contribution in [0.5, 0.6) is 0 Å². The molecule has 0 fully saturated rings. The van der Waals surface area contributed by atoms with E-state index in [1.165, 1.54) is 64.2 Å². The normalized spacial score (nSPS) is 12.6. The SMILES string of the molecule is CCCCCCCCC=CCOC(=O)CCCCCOCC(COCCCCCCC)N(C)C. The average Bonchev–Trinajstić information content (AvgIpc) is 2.82. The maximum absolute atomic E-state index is 11.8. The van der Waals surface area contributed by atoms with Crippen molar-refractivity contribution in [3.8, 4) is 0 Å². The molecular formula is C29H57NO4. The van der Waals surface area contributed by atoms with E-state index in [4.69, 9.17) is 14.2 Å². The monoisotopic (exact) mass is 483 g/mol. The van der Waals surface area contributed by atoms with Gasteiger partial charge in [0, 0.05) is 19.6 Å². The number of rotatable bonds is 26. The van der Waals surface area contributed by atoms with Gasteiger partial charge in [0.1, 0.15) is 6.61 Å². The summed E-state index contributed by atoms with van der Waals surface area (Å²) in [5.41, 5.74) is 0. The minimum atomic E-state index is -0.0929. The fraction of sp³-hybridized carbons (Fsp3) is 0.897. The first-order chi connectivity index (χ1) is 16.6. The number of allylic oxidation sites excluding steroid dienone is 1. The van der Waals surface area contributed by atoms with Gasteiger partial charge in [0.2, 0.25) is 0 Å². The number of nitrogens with zero attached hydrogens (tertiary/aromatic N) is 1. The van der Waals surface area contributed by atoms with Gasteiger partial charge in [-0.2, -0.15) is 0 Å². The third-order valence-corrected chi connectivity index (χ3v) is 6.14. The second-order valence-corrected chi connectivity index (χ2v) is 9.70. The lowest BCUT2D eigenvalue weighted by Crippen LogP contribution is -2.37. The summed E-state index contributed by atoms with van der Waals surface area (Å²) >= 11 is 0. The van der Waals surface area contributed by atoms with Gasteiger partial charge in [-0.15, -0.1) is 0 Å². The number of likely N-dealkylation sites (N-methyl/N-ethyl adjacent to an activating group) is 1. The van der Waals surface area contributed by atoms with Crippen molar-refractivity contribution in [1.29, 1.82) is 0 Å². The standard InChI is InChI=1S/C29H57NO4/c1-5-7-9-11-12-13-14-16-21-25-34-29(31)22-18-17-20-24-33-27-28(30(3)4)26-32-23-19-15-10-8-6-2/h16,21,28H,5-15,17-20,22-27H2,1-4H3. The van der Waals surface area contributed by atoms with Crippen molar-refractivity contribution in [1.82, 2.24) is 4.90 Å². The summed E-state index contributed by atoms with van der Waals surface area (Å²) in [7, 11) is 4.15. The number of ether oxygens (including phenoxy) is 3. The summed E-state index contributed by atoms with van der Waals surface area (Å²) in [5, 5.41) is 0. The molecule has 0 aromatic heterocycles. The Morgan fingerprint density at radius 2 is 1.24 bits per heavy atom. The lowest BCUT2D eigenvalue weighted by Gasteiger charge is -2.24. The second kappa shape index (κ2) is 26.7. The smallest absolute Gasteiger partial charge is 0.306 e. The first kappa shape index (κ1) is 33.1. The predicted molar refractivity (Wildman–Crippen MR) is 144 cm³/mol. The highest BCUT2D eigenvalue weighted by atomic mass is 16.5. The van der Waals surface area contributed by atoms with Crippen LogP contribution in [-0.4, -0.2) is 64.0 Å². The van der Waals surface area contributed by atoms with Crippen LogP contribution in [0.4, 0.5) is 0 Å². The molecule has 0 aromatic rings. The van der Waals surface area contributed by atoms with Crippen molar-refractivity contribution in [3.63, 3.8) is 0 Å². The van der Waals surface area contributed by atoms with E-state index in [0.717, 1.165) is 51.9 Å². The Kier molecular flexibility index (Phi) is 26.0. The molecule has 0 aliphatic rings. The number of hydrogen-bond donors (Lipinski definition) is 0. The van der Waals surface area contributed by atoms with Crippen LogP contribution in [-0.2, 0) is 19.0 Å². The van der Waals surface area contributed by atoms with Gasteiger partial charge in [0.15, 0.2) is 0 Å². The minimum Gasteiger partial charge on any atom is -0.461 e. The van der Waals surface area contributed by atoms with E-state index < -0.39 is 0 Å². The Labute approximate surface area is 212 Å².